The number of hydrogen-bond donors (Lipinski definition) is 1. The van der Waals surface area contributed by atoms with Crippen LogP contribution in [0.1, 0.15) is 6.92 Å². The van der Waals surface area contributed by atoms with Crippen molar-refractivity contribution in [3.05, 3.63) is 0 Å². The Morgan fingerprint density at radius 2 is 2.14 bits per heavy atom. The van der Waals surface area contributed by atoms with Crippen LogP contribution in [0.15, 0.2) is 0 Å². The predicted molar refractivity (Wildman–Crippen MR) is 51.2 cm³/mol. The van der Waals surface area contributed by atoms with Crippen LogP contribution in [-0.4, -0.2) is 44.1 Å². The van der Waals surface area contributed by atoms with Crippen molar-refractivity contribution in [2.24, 2.45) is 0 Å². The molecule has 0 aromatic rings. The molecule has 0 fully saturated rings. The molecular formula is C8H14ClNO4. The molecule has 6 heteroatoms. The van der Waals surface area contributed by atoms with Crippen molar-refractivity contribution < 1.29 is 19.1 Å². The van der Waals surface area contributed by atoms with Crippen LogP contribution in [0, 0.1) is 0 Å². The first-order valence-corrected chi connectivity index (χ1v) is 4.61. The maximum absolute atomic E-state index is 11.0. The lowest BCUT2D eigenvalue weighted by molar-refractivity contribution is -0.140. The lowest BCUT2D eigenvalue weighted by Gasteiger charge is -2.08. The molecule has 0 saturated heterocycles. The molecule has 0 aliphatic heterocycles. The van der Waals surface area contributed by atoms with Gasteiger partial charge in [-0.15, -0.1) is 11.6 Å². The van der Waals surface area contributed by atoms with E-state index in [9.17, 15) is 9.59 Å². The minimum Gasteiger partial charge on any atom is -0.468 e. The standard InChI is InChI=1S/C8H14ClNO4/c1-3-14-5-7(11)10-4-6(9)8(12)13-2/h6H,3-5H2,1-2H3,(H,10,11). The van der Waals surface area contributed by atoms with Gasteiger partial charge in [0.1, 0.15) is 12.0 Å². The smallest absolute Gasteiger partial charge is 0.325 e. The third kappa shape index (κ3) is 5.77. The van der Waals surface area contributed by atoms with Crippen LogP contribution in [-0.2, 0) is 19.1 Å². The van der Waals surface area contributed by atoms with Crippen LogP contribution in [0.4, 0.5) is 0 Å². The SMILES string of the molecule is CCOCC(=O)NCC(Cl)C(=O)OC. The Hall–Kier alpha value is -0.810. The molecule has 0 radical (unpaired) electrons. The molecule has 1 unspecified atom stereocenters. The molecule has 0 aliphatic carbocycles. The third-order valence-electron chi connectivity index (χ3n) is 1.37. The van der Waals surface area contributed by atoms with E-state index in [2.05, 4.69) is 10.1 Å². The third-order valence-corrected chi connectivity index (χ3v) is 1.71. The van der Waals surface area contributed by atoms with Gasteiger partial charge in [0.15, 0.2) is 0 Å². The summed E-state index contributed by atoms with van der Waals surface area (Å²) < 4.78 is 9.22. The second-order valence-corrected chi connectivity index (χ2v) is 2.96. The van der Waals surface area contributed by atoms with Gasteiger partial charge in [-0.2, -0.15) is 0 Å². The maximum Gasteiger partial charge on any atom is 0.325 e. The van der Waals surface area contributed by atoms with E-state index in [1.54, 1.807) is 6.92 Å². The number of methoxy groups -OCH3 is 1. The Morgan fingerprint density at radius 3 is 2.64 bits per heavy atom. The second kappa shape index (κ2) is 7.58. The number of hydrogen-bond acceptors (Lipinski definition) is 4. The summed E-state index contributed by atoms with van der Waals surface area (Å²) in [4.78, 5) is 21.8. The van der Waals surface area contributed by atoms with E-state index in [1.807, 2.05) is 0 Å². The molecule has 0 aliphatic rings. The average Bonchev–Trinajstić information content (AvgIpc) is 2.21. The first kappa shape index (κ1) is 13.2. The van der Waals surface area contributed by atoms with Crippen LogP contribution in [0.5, 0.6) is 0 Å². The van der Waals surface area contributed by atoms with Gasteiger partial charge in [0.25, 0.3) is 0 Å². The zero-order valence-electron chi connectivity index (χ0n) is 8.21. The fourth-order valence-electron chi connectivity index (χ4n) is 0.660. The molecule has 0 spiro atoms. The largest absolute Gasteiger partial charge is 0.468 e. The molecule has 5 nitrogen and oxygen atoms in total. The van der Waals surface area contributed by atoms with E-state index < -0.39 is 11.3 Å². The maximum atomic E-state index is 11.0. The Morgan fingerprint density at radius 1 is 1.50 bits per heavy atom. The van der Waals surface area contributed by atoms with Crippen LogP contribution in [0.25, 0.3) is 0 Å². The van der Waals surface area contributed by atoms with Gasteiger partial charge in [-0.3, -0.25) is 9.59 Å². The first-order valence-electron chi connectivity index (χ1n) is 4.18. The number of carbonyl (C=O) groups is 2. The van der Waals surface area contributed by atoms with Gasteiger partial charge < -0.3 is 14.8 Å². The number of ether oxygens (including phenoxy) is 2. The Labute approximate surface area is 87.7 Å². The normalized spacial score (nSPS) is 11.9. The van der Waals surface area contributed by atoms with Crippen LogP contribution in [0.2, 0.25) is 0 Å². The van der Waals surface area contributed by atoms with Crippen molar-refractivity contribution >= 4 is 23.5 Å². The Bertz CT molecular complexity index is 198. The predicted octanol–water partition coefficient (Wildman–Crippen LogP) is -0.0805. The van der Waals surface area contributed by atoms with E-state index in [1.165, 1.54) is 7.11 Å². The highest BCUT2D eigenvalue weighted by atomic mass is 35.5. The highest BCUT2D eigenvalue weighted by molar-refractivity contribution is 6.30. The van der Waals surface area contributed by atoms with Gasteiger partial charge in [0.2, 0.25) is 5.91 Å². The van der Waals surface area contributed by atoms with Crippen molar-refractivity contribution in [3.8, 4) is 0 Å². The topological polar surface area (TPSA) is 64.6 Å². The number of carbonyl (C=O) groups excluding carboxylic acids is 2. The minimum absolute atomic E-state index is 0.0265. The highest BCUT2D eigenvalue weighted by Gasteiger charge is 2.16. The van der Waals surface area contributed by atoms with Gasteiger partial charge in [0, 0.05) is 13.2 Å². The molecule has 0 bridgehead atoms. The zero-order valence-corrected chi connectivity index (χ0v) is 8.97. The van der Waals surface area contributed by atoms with Crippen molar-refractivity contribution in [2.75, 3.05) is 26.9 Å². The summed E-state index contributed by atoms with van der Waals surface area (Å²) in [7, 11) is 1.24. The zero-order chi connectivity index (χ0) is 11.0. The summed E-state index contributed by atoms with van der Waals surface area (Å²) in [6.07, 6.45) is 0. The quantitative estimate of drug-likeness (QED) is 0.505. The molecule has 82 valence electrons. The number of amides is 1. The van der Waals surface area contributed by atoms with E-state index in [4.69, 9.17) is 16.3 Å². The van der Waals surface area contributed by atoms with Crippen molar-refractivity contribution in [3.63, 3.8) is 0 Å². The summed E-state index contributed by atoms with van der Waals surface area (Å²) in [5.74, 6) is -0.871. The molecule has 0 rings (SSSR count). The average molecular weight is 224 g/mol. The fraction of sp³-hybridized carbons (Fsp3) is 0.750. The van der Waals surface area contributed by atoms with E-state index >= 15 is 0 Å². The number of esters is 1. The van der Waals surface area contributed by atoms with Crippen LogP contribution >= 0.6 is 11.6 Å². The lowest BCUT2D eigenvalue weighted by Crippen LogP contribution is -2.36. The lowest BCUT2D eigenvalue weighted by atomic mass is 10.4. The van der Waals surface area contributed by atoms with Gasteiger partial charge in [-0.25, -0.2) is 0 Å². The molecule has 1 N–H and O–H groups in total. The highest BCUT2D eigenvalue weighted by Crippen LogP contribution is 1.95. The van der Waals surface area contributed by atoms with Gasteiger partial charge in [-0.05, 0) is 6.92 Å². The molecule has 14 heavy (non-hydrogen) atoms. The van der Waals surface area contributed by atoms with E-state index in [0.29, 0.717) is 6.61 Å². The number of halogens is 1. The molecule has 1 amide bonds. The molecule has 0 heterocycles. The van der Waals surface area contributed by atoms with Crippen LogP contribution in [0.3, 0.4) is 0 Å². The summed E-state index contributed by atoms with van der Waals surface area (Å²) in [5, 5.41) is 1.58. The molecule has 0 saturated carbocycles. The van der Waals surface area contributed by atoms with Crippen LogP contribution < -0.4 is 5.32 Å². The summed E-state index contributed by atoms with van der Waals surface area (Å²) >= 11 is 5.58. The Balaban J connectivity index is 3.60. The number of rotatable bonds is 6. The van der Waals surface area contributed by atoms with Gasteiger partial charge in [-0.1, -0.05) is 0 Å². The first-order chi connectivity index (χ1) is 6.61. The van der Waals surface area contributed by atoms with Crippen molar-refractivity contribution in [1.82, 2.24) is 5.32 Å². The summed E-state index contributed by atoms with van der Waals surface area (Å²) in [5.41, 5.74) is 0. The molecule has 0 aromatic carbocycles. The van der Waals surface area contributed by atoms with E-state index in [0.717, 1.165) is 0 Å². The monoisotopic (exact) mass is 223 g/mol. The van der Waals surface area contributed by atoms with Crippen molar-refractivity contribution in [1.29, 1.82) is 0 Å². The van der Waals surface area contributed by atoms with Gasteiger partial charge in [0.05, 0.1) is 7.11 Å². The summed E-state index contributed by atoms with van der Waals surface area (Å²) in [6, 6.07) is 0. The Kier molecular flexibility index (Phi) is 7.14. The van der Waals surface area contributed by atoms with Crippen molar-refractivity contribution in [2.45, 2.75) is 12.3 Å². The molecule has 1 atom stereocenters. The number of nitrogens with one attached hydrogen (secondary N) is 1. The van der Waals surface area contributed by atoms with Gasteiger partial charge >= 0.3 is 5.97 Å². The second-order valence-electron chi connectivity index (χ2n) is 2.43. The minimum atomic E-state index is -0.856. The molecule has 0 aromatic heterocycles. The molecular weight excluding hydrogens is 210 g/mol. The summed E-state index contributed by atoms with van der Waals surface area (Å²) in [6.45, 7) is 2.27. The number of alkyl halides is 1. The fourth-order valence-corrected chi connectivity index (χ4v) is 0.827. The van der Waals surface area contributed by atoms with E-state index in [-0.39, 0.29) is 19.1 Å².